The number of rotatable bonds is 8. The molecule has 1 saturated carbocycles. The number of ether oxygens (including phenoxy) is 2. The van der Waals surface area contributed by atoms with E-state index in [1.807, 2.05) is 56.3 Å². The highest BCUT2D eigenvalue weighted by atomic mass is 79.9. The van der Waals surface area contributed by atoms with Crippen molar-refractivity contribution in [2.45, 2.75) is 65.0 Å². The van der Waals surface area contributed by atoms with Gasteiger partial charge in [-0.25, -0.2) is 9.78 Å². The zero-order chi connectivity index (χ0) is 23.4. The SMILES string of the molecule is Cc1cccc(CO[C@@H]2CCC[C@H](OCc3nc(-c4cccc(Br)c4)oc3C)C2)c1C(=O)O. The van der Waals surface area contributed by atoms with Crippen LogP contribution in [0.4, 0.5) is 0 Å². The lowest BCUT2D eigenvalue weighted by Gasteiger charge is -2.29. The summed E-state index contributed by atoms with van der Waals surface area (Å²) < 4.78 is 19.1. The second kappa shape index (κ2) is 10.6. The Balaban J connectivity index is 1.33. The average molecular weight is 514 g/mol. The van der Waals surface area contributed by atoms with E-state index in [2.05, 4.69) is 20.9 Å². The number of aromatic carboxylic acids is 1. The minimum atomic E-state index is -0.915. The first kappa shape index (κ1) is 23.7. The number of hydrogen-bond donors (Lipinski definition) is 1. The largest absolute Gasteiger partial charge is 0.478 e. The van der Waals surface area contributed by atoms with Crippen LogP contribution in [0.2, 0.25) is 0 Å². The normalized spacial score (nSPS) is 18.4. The van der Waals surface area contributed by atoms with Gasteiger partial charge in [0.15, 0.2) is 0 Å². The second-order valence-corrected chi connectivity index (χ2v) is 9.39. The number of nitrogens with zero attached hydrogens (tertiary/aromatic N) is 1. The molecule has 2 atom stereocenters. The van der Waals surface area contributed by atoms with E-state index in [4.69, 9.17) is 13.9 Å². The Labute approximate surface area is 202 Å². The molecule has 3 aromatic rings. The molecule has 0 aliphatic heterocycles. The van der Waals surface area contributed by atoms with Crippen LogP contribution in [0, 0.1) is 13.8 Å². The van der Waals surface area contributed by atoms with Gasteiger partial charge in [-0.3, -0.25) is 0 Å². The molecule has 0 saturated heterocycles. The summed E-state index contributed by atoms with van der Waals surface area (Å²) in [7, 11) is 0. The average Bonchev–Trinajstić information content (AvgIpc) is 3.17. The summed E-state index contributed by atoms with van der Waals surface area (Å²) in [5.41, 5.74) is 3.52. The quantitative estimate of drug-likeness (QED) is 0.372. The first-order valence-electron chi connectivity index (χ1n) is 11.2. The minimum absolute atomic E-state index is 0.0431. The molecule has 1 aliphatic carbocycles. The molecule has 0 spiro atoms. The molecule has 0 amide bonds. The van der Waals surface area contributed by atoms with Gasteiger partial charge in [-0.1, -0.05) is 40.2 Å². The van der Waals surface area contributed by atoms with Crippen LogP contribution in [0.25, 0.3) is 11.5 Å². The van der Waals surface area contributed by atoms with Gasteiger partial charge in [0.05, 0.1) is 31.0 Å². The smallest absolute Gasteiger partial charge is 0.336 e. The van der Waals surface area contributed by atoms with Gasteiger partial charge < -0.3 is 19.0 Å². The van der Waals surface area contributed by atoms with Gasteiger partial charge in [0.1, 0.15) is 11.5 Å². The predicted octanol–water partition coefficient (Wildman–Crippen LogP) is 6.46. The summed E-state index contributed by atoms with van der Waals surface area (Å²) in [5.74, 6) is 0.431. The number of carbonyl (C=O) groups is 1. The van der Waals surface area contributed by atoms with E-state index in [0.29, 0.717) is 30.2 Å². The van der Waals surface area contributed by atoms with E-state index in [1.165, 1.54) is 0 Å². The fourth-order valence-corrected chi connectivity index (χ4v) is 4.67. The van der Waals surface area contributed by atoms with Crippen LogP contribution < -0.4 is 0 Å². The molecule has 0 radical (unpaired) electrons. The Morgan fingerprint density at radius 2 is 1.85 bits per heavy atom. The summed E-state index contributed by atoms with van der Waals surface area (Å²) in [4.78, 5) is 16.2. The number of hydrogen-bond acceptors (Lipinski definition) is 5. The van der Waals surface area contributed by atoms with Crippen molar-refractivity contribution in [3.63, 3.8) is 0 Å². The highest BCUT2D eigenvalue weighted by Gasteiger charge is 2.25. The summed E-state index contributed by atoms with van der Waals surface area (Å²) in [6.45, 7) is 4.40. The van der Waals surface area contributed by atoms with Crippen LogP contribution >= 0.6 is 15.9 Å². The first-order chi connectivity index (χ1) is 15.9. The molecule has 0 bridgehead atoms. The van der Waals surface area contributed by atoms with Gasteiger partial charge in [0, 0.05) is 10.0 Å². The molecule has 1 N–H and O–H groups in total. The molecule has 0 unspecified atom stereocenters. The molecule has 174 valence electrons. The molecular weight excluding hydrogens is 486 g/mol. The van der Waals surface area contributed by atoms with E-state index in [-0.39, 0.29) is 12.2 Å². The lowest BCUT2D eigenvalue weighted by atomic mass is 9.94. The molecule has 4 rings (SSSR count). The fraction of sp³-hybridized carbons (Fsp3) is 0.385. The zero-order valence-electron chi connectivity index (χ0n) is 18.8. The van der Waals surface area contributed by atoms with Crippen LogP contribution in [0.1, 0.15) is 58.6 Å². The van der Waals surface area contributed by atoms with Crippen LogP contribution in [-0.4, -0.2) is 28.3 Å². The first-order valence-corrected chi connectivity index (χ1v) is 12.0. The topological polar surface area (TPSA) is 81.8 Å². The van der Waals surface area contributed by atoms with E-state index < -0.39 is 5.97 Å². The summed E-state index contributed by atoms with van der Waals surface area (Å²) in [6.07, 6.45) is 3.83. The maximum Gasteiger partial charge on any atom is 0.336 e. The van der Waals surface area contributed by atoms with Crippen molar-refractivity contribution >= 4 is 21.9 Å². The molecule has 6 nitrogen and oxygen atoms in total. The van der Waals surface area contributed by atoms with Crippen molar-refractivity contribution in [1.82, 2.24) is 4.98 Å². The Hall–Kier alpha value is -2.48. The molecule has 1 heterocycles. The predicted molar refractivity (Wildman–Crippen MR) is 128 cm³/mol. The van der Waals surface area contributed by atoms with Crippen LogP contribution in [0.5, 0.6) is 0 Å². The van der Waals surface area contributed by atoms with Crippen molar-refractivity contribution in [2.24, 2.45) is 0 Å². The number of benzene rings is 2. The zero-order valence-corrected chi connectivity index (χ0v) is 20.4. The lowest BCUT2D eigenvalue weighted by Crippen LogP contribution is -2.28. The number of carboxylic acid groups (broad SMARTS) is 1. The Bertz CT molecular complexity index is 1130. The van der Waals surface area contributed by atoms with Crippen LogP contribution in [0.15, 0.2) is 51.4 Å². The Morgan fingerprint density at radius 1 is 1.12 bits per heavy atom. The van der Waals surface area contributed by atoms with E-state index in [1.54, 1.807) is 0 Å². The van der Waals surface area contributed by atoms with Gasteiger partial charge in [-0.05, 0) is 68.9 Å². The van der Waals surface area contributed by atoms with Crippen LogP contribution in [0.3, 0.4) is 0 Å². The molecular formula is C26H28BrNO5. The summed E-state index contributed by atoms with van der Waals surface area (Å²) >= 11 is 3.48. The minimum Gasteiger partial charge on any atom is -0.478 e. The third kappa shape index (κ3) is 5.91. The van der Waals surface area contributed by atoms with Gasteiger partial charge in [0.2, 0.25) is 5.89 Å². The maximum absolute atomic E-state index is 11.6. The van der Waals surface area contributed by atoms with E-state index >= 15 is 0 Å². The Morgan fingerprint density at radius 3 is 2.58 bits per heavy atom. The maximum atomic E-state index is 11.6. The lowest BCUT2D eigenvalue weighted by molar-refractivity contribution is -0.0564. The number of oxazole rings is 1. The van der Waals surface area contributed by atoms with Gasteiger partial charge >= 0.3 is 5.97 Å². The van der Waals surface area contributed by atoms with Gasteiger partial charge in [-0.2, -0.15) is 0 Å². The highest BCUT2D eigenvalue weighted by molar-refractivity contribution is 9.10. The molecule has 7 heteroatoms. The van der Waals surface area contributed by atoms with Crippen LogP contribution in [-0.2, 0) is 22.7 Å². The van der Waals surface area contributed by atoms with E-state index in [0.717, 1.165) is 52.7 Å². The number of halogens is 1. The van der Waals surface area contributed by atoms with Gasteiger partial charge in [-0.15, -0.1) is 0 Å². The summed E-state index contributed by atoms with van der Waals surface area (Å²) in [6, 6.07) is 13.4. The highest BCUT2D eigenvalue weighted by Crippen LogP contribution is 2.28. The number of aryl methyl sites for hydroxylation is 2. The molecule has 33 heavy (non-hydrogen) atoms. The third-order valence-electron chi connectivity index (χ3n) is 6.05. The fourth-order valence-electron chi connectivity index (χ4n) is 4.27. The van der Waals surface area contributed by atoms with Crippen molar-refractivity contribution in [3.05, 3.63) is 75.1 Å². The Kier molecular flexibility index (Phi) is 7.63. The van der Waals surface area contributed by atoms with E-state index in [9.17, 15) is 9.90 Å². The standard InChI is InChI=1S/C26H28BrNO5/c1-16-6-3-8-19(24(16)26(29)30)14-31-21-10-5-11-22(13-21)32-15-23-17(2)33-25(28-23)18-7-4-9-20(27)12-18/h3-4,6-9,12,21-22H,5,10-11,13-15H2,1-2H3,(H,29,30)/t21-,22+/m1/s1. The number of aromatic nitrogens is 1. The van der Waals surface area contributed by atoms with Crippen molar-refractivity contribution in [2.75, 3.05) is 0 Å². The molecule has 1 fully saturated rings. The van der Waals surface area contributed by atoms with Crippen molar-refractivity contribution in [3.8, 4) is 11.5 Å². The summed E-state index contributed by atoms with van der Waals surface area (Å²) in [5, 5.41) is 9.52. The van der Waals surface area contributed by atoms with Crippen molar-refractivity contribution in [1.29, 1.82) is 0 Å². The third-order valence-corrected chi connectivity index (χ3v) is 6.54. The monoisotopic (exact) mass is 513 g/mol. The molecule has 1 aliphatic rings. The van der Waals surface area contributed by atoms with Crippen molar-refractivity contribution < 1.29 is 23.8 Å². The molecule has 2 aromatic carbocycles. The second-order valence-electron chi connectivity index (χ2n) is 8.48. The van der Waals surface area contributed by atoms with Gasteiger partial charge in [0.25, 0.3) is 0 Å². The molecule has 1 aromatic heterocycles. The number of carboxylic acids is 1.